The molecular formula is C14H28N2O2. The maximum Gasteiger partial charge on any atom is 0.0620 e. The van der Waals surface area contributed by atoms with Gasteiger partial charge in [0, 0.05) is 25.2 Å². The van der Waals surface area contributed by atoms with E-state index in [0.29, 0.717) is 30.5 Å². The Hall–Kier alpha value is -0.160. The molecular weight excluding hydrogens is 228 g/mol. The first-order chi connectivity index (χ1) is 8.79. The smallest absolute Gasteiger partial charge is 0.0620 e. The molecule has 18 heavy (non-hydrogen) atoms. The predicted molar refractivity (Wildman–Crippen MR) is 72.6 cm³/mol. The molecule has 1 heterocycles. The molecule has 4 atom stereocenters. The third-order valence-electron chi connectivity index (χ3n) is 4.42. The molecule has 1 aliphatic heterocycles. The summed E-state index contributed by atoms with van der Waals surface area (Å²) in [5, 5.41) is 16.4. The summed E-state index contributed by atoms with van der Waals surface area (Å²) in [5.41, 5.74) is 0. The van der Waals surface area contributed by atoms with E-state index in [1.54, 1.807) is 0 Å². The van der Waals surface area contributed by atoms with Gasteiger partial charge in [0.1, 0.15) is 0 Å². The summed E-state index contributed by atoms with van der Waals surface area (Å²) in [5.74, 6) is 1.20. The van der Waals surface area contributed by atoms with E-state index in [9.17, 15) is 5.11 Å². The van der Waals surface area contributed by atoms with Crippen molar-refractivity contribution in [1.29, 1.82) is 0 Å². The van der Waals surface area contributed by atoms with Gasteiger partial charge in [-0.3, -0.25) is 0 Å². The fourth-order valence-electron chi connectivity index (χ4n) is 3.26. The summed E-state index contributed by atoms with van der Waals surface area (Å²) in [7, 11) is 0. The normalized spacial score (nSPS) is 34.7. The van der Waals surface area contributed by atoms with Crippen molar-refractivity contribution in [3.05, 3.63) is 0 Å². The Morgan fingerprint density at radius 2 is 2.22 bits per heavy atom. The number of hydrogen-bond acceptors (Lipinski definition) is 4. The molecule has 0 aromatic heterocycles. The molecule has 3 N–H and O–H groups in total. The molecule has 0 spiro atoms. The molecule has 2 fully saturated rings. The summed E-state index contributed by atoms with van der Waals surface area (Å²) >= 11 is 0. The topological polar surface area (TPSA) is 53.5 Å². The molecule has 0 radical (unpaired) electrons. The lowest BCUT2D eigenvalue weighted by Crippen LogP contribution is -2.45. The zero-order chi connectivity index (χ0) is 12.8. The quantitative estimate of drug-likeness (QED) is 0.656. The Kier molecular flexibility index (Phi) is 5.89. The summed E-state index contributed by atoms with van der Waals surface area (Å²) in [6.45, 7) is 6.33. The first kappa shape index (κ1) is 14.3. The van der Waals surface area contributed by atoms with Gasteiger partial charge < -0.3 is 20.5 Å². The van der Waals surface area contributed by atoms with E-state index in [0.717, 1.165) is 32.7 Å². The molecule has 1 saturated heterocycles. The number of nitrogens with one attached hydrogen (secondary N) is 2. The second-order valence-corrected chi connectivity index (χ2v) is 5.90. The summed E-state index contributed by atoms with van der Waals surface area (Å²) in [4.78, 5) is 0. The van der Waals surface area contributed by atoms with Crippen molar-refractivity contribution in [2.75, 3.05) is 32.9 Å². The van der Waals surface area contributed by atoms with Crippen LogP contribution in [0.1, 0.15) is 32.6 Å². The minimum atomic E-state index is 0.360. The molecule has 4 heteroatoms. The van der Waals surface area contributed by atoms with Crippen molar-refractivity contribution in [3.8, 4) is 0 Å². The van der Waals surface area contributed by atoms with Crippen molar-refractivity contribution in [3.63, 3.8) is 0 Å². The molecule has 1 aliphatic carbocycles. The molecule has 2 aliphatic rings. The van der Waals surface area contributed by atoms with Crippen LogP contribution in [-0.2, 0) is 4.74 Å². The largest absolute Gasteiger partial charge is 0.396 e. The Balaban J connectivity index is 1.63. The molecule has 0 aromatic carbocycles. The van der Waals surface area contributed by atoms with Crippen molar-refractivity contribution >= 4 is 0 Å². The lowest BCUT2D eigenvalue weighted by atomic mass is 9.96. The van der Waals surface area contributed by atoms with E-state index >= 15 is 0 Å². The maximum absolute atomic E-state index is 9.31. The highest BCUT2D eigenvalue weighted by Crippen LogP contribution is 2.30. The average molecular weight is 256 g/mol. The van der Waals surface area contributed by atoms with E-state index in [1.165, 1.54) is 19.3 Å². The third-order valence-corrected chi connectivity index (χ3v) is 4.42. The fraction of sp³-hybridized carbons (Fsp3) is 1.00. The van der Waals surface area contributed by atoms with Gasteiger partial charge >= 0.3 is 0 Å². The minimum Gasteiger partial charge on any atom is -0.396 e. The van der Waals surface area contributed by atoms with Gasteiger partial charge in [-0.2, -0.15) is 0 Å². The van der Waals surface area contributed by atoms with Gasteiger partial charge in [-0.1, -0.05) is 6.42 Å². The van der Waals surface area contributed by atoms with Gasteiger partial charge in [-0.05, 0) is 44.6 Å². The highest BCUT2D eigenvalue weighted by Gasteiger charge is 2.26. The van der Waals surface area contributed by atoms with E-state index in [-0.39, 0.29) is 0 Å². The molecule has 106 valence electrons. The zero-order valence-corrected chi connectivity index (χ0v) is 11.5. The van der Waals surface area contributed by atoms with E-state index in [1.807, 2.05) is 0 Å². The minimum absolute atomic E-state index is 0.360. The number of aliphatic hydroxyl groups is 1. The molecule has 2 rings (SSSR count). The van der Waals surface area contributed by atoms with E-state index < -0.39 is 0 Å². The average Bonchev–Trinajstić information content (AvgIpc) is 2.85. The predicted octanol–water partition coefficient (Wildman–Crippen LogP) is 0.752. The highest BCUT2D eigenvalue weighted by atomic mass is 16.5. The van der Waals surface area contributed by atoms with Crippen LogP contribution in [0, 0.1) is 11.8 Å². The van der Waals surface area contributed by atoms with Gasteiger partial charge in [0.05, 0.1) is 13.2 Å². The first-order valence-electron chi connectivity index (χ1n) is 7.45. The van der Waals surface area contributed by atoms with Crippen LogP contribution >= 0.6 is 0 Å². The van der Waals surface area contributed by atoms with Crippen LogP contribution < -0.4 is 10.6 Å². The zero-order valence-electron chi connectivity index (χ0n) is 11.5. The Morgan fingerprint density at radius 3 is 2.94 bits per heavy atom. The Morgan fingerprint density at radius 1 is 1.39 bits per heavy atom. The second kappa shape index (κ2) is 7.43. The molecule has 0 bridgehead atoms. The molecule has 1 saturated carbocycles. The van der Waals surface area contributed by atoms with Crippen LogP contribution in [0.4, 0.5) is 0 Å². The van der Waals surface area contributed by atoms with Crippen LogP contribution in [0.15, 0.2) is 0 Å². The number of ether oxygens (including phenoxy) is 1. The molecule has 4 nitrogen and oxygen atoms in total. The van der Waals surface area contributed by atoms with Crippen LogP contribution in [-0.4, -0.2) is 50.1 Å². The van der Waals surface area contributed by atoms with Crippen molar-refractivity contribution < 1.29 is 9.84 Å². The van der Waals surface area contributed by atoms with Crippen molar-refractivity contribution in [1.82, 2.24) is 10.6 Å². The summed E-state index contributed by atoms with van der Waals surface area (Å²) in [6, 6.07) is 1.02. The third kappa shape index (κ3) is 4.19. The summed E-state index contributed by atoms with van der Waals surface area (Å²) < 4.78 is 5.47. The number of rotatable bonds is 6. The highest BCUT2D eigenvalue weighted by molar-refractivity contribution is 4.81. The van der Waals surface area contributed by atoms with Gasteiger partial charge in [0.2, 0.25) is 0 Å². The number of morpholine rings is 1. The lowest BCUT2D eigenvalue weighted by molar-refractivity contribution is 0.0709. The Bertz CT molecular complexity index is 232. The maximum atomic E-state index is 9.31. The molecule has 0 amide bonds. The van der Waals surface area contributed by atoms with E-state index in [2.05, 4.69) is 17.6 Å². The van der Waals surface area contributed by atoms with Gasteiger partial charge in [0.25, 0.3) is 0 Å². The van der Waals surface area contributed by atoms with Crippen molar-refractivity contribution in [2.45, 2.75) is 44.7 Å². The molecule has 0 aromatic rings. The fourth-order valence-corrected chi connectivity index (χ4v) is 3.26. The lowest BCUT2D eigenvalue weighted by Gasteiger charge is -2.28. The number of hydrogen-bond donors (Lipinski definition) is 3. The van der Waals surface area contributed by atoms with Gasteiger partial charge in [-0.25, -0.2) is 0 Å². The van der Waals surface area contributed by atoms with E-state index in [4.69, 9.17) is 4.74 Å². The summed E-state index contributed by atoms with van der Waals surface area (Å²) in [6.07, 6.45) is 4.88. The monoisotopic (exact) mass is 256 g/mol. The second-order valence-electron chi connectivity index (χ2n) is 5.90. The van der Waals surface area contributed by atoms with Gasteiger partial charge in [0.15, 0.2) is 0 Å². The Labute approximate surface area is 110 Å². The number of aliphatic hydroxyl groups excluding tert-OH is 1. The van der Waals surface area contributed by atoms with Crippen LogP contribution in [0.3, 0.4) is 0 Å². The SMILES string of the molecule is CC(CC1COCCN1)NCC1CCCC1CO. The standard InChI is InChI=1S/C14H28N2O2/c1-11(7-14-10-18-6-5-15-14)16-8-12-3-2-4-13(12)9-17/h11-17H,2-10H2,1H3. The van der Waals surface area contributed by atoms with Crippen LogP contribution in [0.5, 0.6) is 0 Å². The van der Waals surface area contributed by atoms with Crippen molar-refractivity contribution in [2.24, 2.45) is 11.8 Å². The van der Waals surface area contributed by atoms with Crippen LogP contribution in [0.25, 0.3) is 0 Å². The first-order valence-corrected chi connectivity index (χ1v) is 7.45. The van der Waals surface area contributed by atoms with Gasteiger partial charge in [-0.15, -0.1) is 0 Å². The van der Waals surface area contributed by atoms with Crippen LogP contribution in [0.2, 0.25) is 0 Å². The molecule has 4 unspecified atom stereocenters.